The van der Waals surface area contributed by atoms with Crippen LogP contribution in [-0.2, 0) is 0 Å². The zero-order chi connectivity index (χ0) is 22.1. The molecular formula is C24H34N4O2S. The minimum Gasteiger partial charge on any atom is -0.339 e. The Morgan fingerprint density at radius 3 is 2.29 bits per heavy atom. The summed E-state index contributed by atoms with van der Waals surface area (Å²) in [6.45, 7) is 8.32. The number of hydrogen-bond donors (Lipinski definition) is 2. The van der Waals surface area contributed by atoms with Crippen molar-refractivity contribution in [1.82, 2.24) is 15.1 Å². The Balaban J connectivity index is 1.54. The molecule has 168 valence electrons. The van der Waals surface area contributed by atoms with Crippen molar-refractivity contribution < 1.29 is 9.59 Å². The molecule has 2 heterocycles. The molecule has 0 unspecified atom stereocenters. The van der Waals surface area contributed by atoms with Crippen LogP contribution in [0.25, 0.3) is 0 Å². The van der Waals surface area contributed by atoms with Crippen molar-refractivity contribution in [3.63, 3.8) is 0 Å². The van der Waals surface area contributed by atoms with Crippen LogP contribution in [0.5, 0.6) is 0 Å². The number of benzene rings is 1. The van der Waals surface area contributed by atoms with Gasteiger partial charge in [-0.05, 0) is 72.6 Å². The van der Waals surface area contributed by atoms with E-state index in [0.29, 0.717) is 17.8 Å². The summed E-state index contributed by atoms with van der Waals surface area (Å²) >= 11 is 1.67. The molecular weight excluding hydrogens is 408 g/mol. The van der Waals surface area contributed by atoms with E-state index in [-0.39, 0.29) is 18.0 Å². The van der Waals surface area contributed by atoms with Gasteiger partial charge < -0.3 is 15.5 Å². The molecule has 0 bridgehead atoms. The lowest BCUT2D eigenvalue weighted by molar-refractivity contribution is 0.0761. The standard InChI is InChI=1S/C24H34N4O2S/c1-3-27(4-2)22(20-13-16-31-18-20)17-25-24(30)26-21-11-9-19(10-12-21)23(29)28-14-7-5-6-8-15-28/h9-13,16,18,22H,3-8,14-15,17H2,1-2H3,(H2,25,26,30)/t22-/m0/s1. The Morgan fingerprint density at radius 2 is 1.71 bits per heavy atom. The number of amides is 3. The highest BCUT2D eigenvalue weighted by Gasteiger charge is 2.20. The first kappa shape index (κ1) is 23.3. The van der Waals surface area contributed by atoms with E-state index in [1.54, 1.807) is 35.6 Å². The molecule has 1 atom stereocenters. The van der Waals surface area contributed by atoms with Crippen LogP contribution in [0.3, 0.4) is 0 Å². The number of nitrogens with zero attached hydrogens (tertiary/aromatic N) is 2. The summed E-state index contributed by atoms with van der Waals surface area (Å²) in [7, 11) is 0. The maximum atomic E-state index is 12.7. The first-order valence-corrected chi connectivity index (χ1v) is 12.3. The molecule has 1 saturated heterocycles. The number of likely N-dealkylation sites (tertiary alicyclic amines) is 1. The molecule has 1 aliphatic rings. The van der Waals surface area contributed by atoms with E-state index in [1.165, 1.54) is 18.4 Å². The maximum Gasteiger partial charge on any atom is 0.319 e. The topological polar surface area (TPSA) is 64.7 Å². The van der Waals surface area contributed by atoms with Gasteiger partial charge in [-0.3, -0.25) is 9.69 Å². The second kappa shape index (κ2) is 11.9. The molecule has 1 aliphatic heterocycles. The molecule has 1 aromatic heterocycles. The van der Waals surface area contributed by atoms with Gasteiger partial charge in [0.05, 0.1) is 6.04 Å². The van der Waals surface area contributed by atoms with Crippen LogP contribution in [0.15, 0.2) is 41.1 Å². The van der Waals surface area contributed by atoms with Crippen LogP contribution in [0, 0.1) is 0 Å². The van der Waals surface area contributed by atoms with Crippen molar-refractivity contribution in [2.75, 3.05) is 38.0 Å². The Labute approximate surface area is 189 Å². The summed E-state index contributed by atoms with van der Waals surface area (Å²) < 4.78 is 0. The summed E-state index contributed by atoms with van der Waals surface area (Å²) in [5.41, 5.74) is 2.58. The lowest BCUT2D eigenvalue weighted by Gasteiger charge is -2.29. The summed E-state index contributed by atoms with van der Waals surface area (Å²) in [6.07, 6.45) is 4.55. The fourth-order valence-electron chi connectivity index (χ4n) is 4.10. The smallest absolute Gasteiger partial charge is 0.319 e. The minimum absolute atomic E-state index is 0.0794. The van der Waals surface area contributed by atoms with Crippen LogP contribution in [0.1, 0.15) is 61.5 Å². The van der Waals surface area contributed by atoms with Gasteiger partial charge in [-0.2, -0.15) is 11.3 Å². The second-order valence-electron chi connectivity index (χ2n) is 7.91. The molecule has 1 fully saturated rings. The quantitative estimate of drug-likeness (QED) is 0.607. The number of carbonyl (C=O) groups excluding carboxylic acids is 2. The largest absolute Gasteiger partial charge is 0.339 e. The van der Waals surface area contributed by atoms with Gasteiger partial charge >= 0.3 is 6.03 Å². The third-order valence-electron chi connectivity index (χ3n) is 5.92. The molecule has 0 saturated carbocycles. The number of likely N-dealkylation sites (N-methyl/N-ethyl adjacent to an activating group) is 1. The van der Waals surface area contributed by atoms with Crippen LogP contribution in [0.2, 0.25) is 0 Å². The normalized spacial score (nSPS) is 15.4. The highest BCUT2D eigenvalue weighted by Crippen LogP contribution is 2.22. The van der Waals surface area contributed by atoms with Crippen LogP contribution in [-0.4, -0.2) is 54.5 Å². The number of carbonyl (C=O) groups is 2. The molecule has 3 amide bonds. The van der Waals surface area contributed by atoms with Crippen LogP contribution < -0.4 is 10.6 Å². The summed E-state index contributed by atoms with van der Waals surface area (Å²) in [6, 6.07) is 9.23. The fraction of sp³-hybridized carbons (Fsp3) is 0.500. The first-order chi connectivity index (χ1) is 15.1. The average Bonchev–Trinajstić information content (AvgIpc) is 3.18. The van der Waals surface area contributed by atoms with Crippen LogP contribution >= 0.6 is 11.3 Å². The molecule has 7 heteroatoms. The van der Waals surface area contributed by atoms with E-state index < -0.39 is 0 Å². The van der Waals surface area contributed by atoms with Crippen molar-refractivity contribution in [3.8, 4) is 0 Å². The first-order valence-electron chi connectivity index (χ1n) is 11.3. The summed E-state index contributed by atoms with van der Waals surface area (Å²) in [5.74, 6) is 0.0794. The van der Waals surface area contributed by atoms with Gasteiger partial charge in [0.15, 0.2) is 0 Å². The van der Waals surface area contributed by atoms with E-state index in [0.717, 1.165) is 39.0 Å². The number of rotatable bonds is 8. The van der Waals surface area contributed by atoms with Gasteiger partial charge in [-0.25, -0.2) is 4.79 Å². The zero-order valence-electron chi connectivity index (χ0n) is 18.6. The lowest BCUT2D eigenvalue weighted by atomic mass is 10.1. The summed E-state index contributed by atoms with van der Waals surface area (Å²) in [4.78, 5) is 29.5. The SMILES string of the molecule is CCN(CC)[C@@H](CNC(=O)Nc1ccc(C(=O)N2CCCCCC2)cc1)c1ccsc1. The van der Waals surface area contributed by atoms with E-state index in [9.17, 15) is 9.59 Å². The molecule has 31 heavy (non-hydrogen) atoms. The molecule has 0 aliphatic carbocycles. The number of anilines is 1. The van der Waals surface area contributed by atoms with E-state index in [2.05, 4.69) is 46.2 Å². The Bertz CT molecular complexity index is 811. The molecule has 2 aromatic rings. The van der Waals surface area contributed by atoms with Gasteiger partial charge in [-0.1, -0.05) is 26.7 Å². The zero-order valence-corrected chi connectivity index (χ0v) is 19.4. The Hall–Kier alpha value is -2.38. The maximum absolute atomic E-state index is 12.7. The predicted molar refractivity (Wildman–Crippen MR) is 128 cm³/mol. The van der Waals surface area contributed by atoms with E-state index in [1.807, 2.05) is 4.90 Å². The molecule has 3 rings (SSSR count). The van der Waals surface area contributed by atoms with Gasteiger partial charge in [0.1, 0.15) is 0 Å². The third kappa shape index (κ3) is 6.55. The third-order valence-corrected chi connectivity index (χ3v) is 6.62. The number of hydrogen-bond acceptors (Lipinski definition) is 4. The highest BCUT2D eigenvalue weighted by molar-refractivity contribution is 7.08. The van der Waals surface area contributed by atoms with E-state index in [4.69, 9.17) is 0 Å². The minimum atomic E-state index is -0.237. The van der Waals surface area contributed by atoms with Gasteiger partial charge in [0, 0.05) is 30.9 Å². The van der Waals surface area contributed by atoms with Crippen molar-refractivity contribution in [2.45, 2.75) is 45.6 Å². The number of urea groups is 1. The van der Waals surface area contributed by atoms with E-state index >= 15 is 0 Å². The van der Waals surface area contributed by atoms with Crippen molar-refractivity contribution in [2.24, 2.45) is 0 Å². The Morgan fingerprint density at radius 1 is 1.03 bits per heavy atom. The van der Waals surface area contributed by atoms with Crippen molar-refractivity contribution in [1.29, 1.82) is 0 Å². The monoisotopic (exact) mass is 442 g/mol. The van der Waals surface area contributed by atoms with Gasteiger partial charge in [0.2, 0.25) is 0 Å². The number of nitrogens with one attached hydrogen (secondary N) is 2. The molecule has 2 N–H and O–H groups in total. The van der Waals surface area contributed by atoms with Crippen LogP contribution in [0.4, 0.5) is 10.5 Å². The lowest BCUT2D eigenvalue weighted by Crippen LogP contribution is -2.39. The predicted octanol–water partition coefficient (Wildman–Crippen LogP) is 4.97. The molecule has 0 radical (unpaired) electrons. The number of thiophene rings is 1. The molecule has 1 aromatic carbocycles. The van der Waals surface area contributed by atoms with Crippen molar-refractivity contribution >= 4 is 29.0 Å². The summed E-state index contributed by atoms with van der Waals surface area (Å²) in [5, 5.41) is 10.1. The second-order valence-corrected chi connectivity index (χ2v) is 8.69. The molecule has 0 spiro atoms. The average molecular weight is 443 g/mol. The highest BCUT2D eigenvalue weighted by atomic mass is 32.1. The van der Waals surface area contributed by atoms with Crippen molar-refractivity contribution in [3.05, 3.63) is 52.2 Å². The fourth-order valence-corrected chi connectivity index (χ4v) is 4.81. The molecule has 6 nitrogen and oxygen atoms in total. The van der Waals surface area contributed by atoms with Gasteiger partial charge in [-0.15, -0.1) is 0 Å². The van der Waals surface area contributed by atoms with Gasteiger partial charge in [0.25, 0.3) is 5.91 Å². The Kier molecular flexibility index (Phi) is 8.91.